The Kier molecular flexibility index (Phi) is 6.46. The first-order valence-electron chi connectivity index (χ1n) is 12.9. The lowest BCUT2D eigenvalue weighted by atomic mass is 9.59. The summed E-state index contributed by atoms with van der Waals surface area (Å²) in [6.45, 7) is 10.1. The monoisotopic (exact) mass is 468 g/mol. The van der Waals surface area contributed by atoms with Crippen molar-refractivity contribution >= 4 is 11.6 Å². The van der Waals surface area contributed by atoms with Crippen LogP contribution in [0, 0.1) is 34.5 Å². The van der Waals surface area contributed by atoms with Gasteiger partial charge in [-0.2, -0.15) is 0 Å². The summed E-state index contributed by atoms with van der Waals surface area (Å²) in [5, 5.41) is 34.6. The van der Waals surface area contributed by atoms with Crippen molar-refractivity contribution in [3.8, 4) is 0 Å². The van der Waals surface area contributed by atoms with Gasteiger partial charge in [0.15, 0.2) is 11.6 Å². The molecule has 186 valence electrons. The molecule has 3 N–H and O–H groups in total. The maximum Gasteiger partial charge on any atom is 0.184 e. The molecule has 0 aliphatic heterocycles. The Balaban J connectivity index is 1.74. The minimum Gasteiger partial charge on any atom is -0.386 e. The van der Waals surface area contributed by atoms with Crippen molar-refractivity contribution in [3.05, 3.63) is 47.6 Å². The summed E-state index contributed by atoms with van der Waals surface area (Å²) < 4.78 is 0. The van der Waals surface area contributed by atoms with Crippen molar-refractivity contribution in [2.24, 2.45) is 34.5 Å². The van der Waals surface area contributed by atoms with Crippen LogP contribution in [0.4, 0.5) is 0 Å². The van der Waals surface area contributed by atoms with Gasteiger partial charge in [-0.05, 0) is 61.0 Å². The van der Waals surface area contributed by atoms with Gasteiger partial charge in [0, 0.05) is 11.5 Å². The van der Waals surface area contributed by atoms with E-state index in [9.17, 15) is 24.9 Å². The van der Waals surface area contributed by atoms with Gasteiger partial charge in [-0.15, -0.1) is 0 Å². The van der Waals surface area contributed by atoms with Gasteiger partial charge in [0.25, 0.3) is 0 Å². The number of allylic oxidation sites excluding steroid dienone is 5. The molecule has 0 heterocycles. The fraction of sp³-hybridized carbons (Fsp3) is 0.655. The number of aliphatic hydroxyl groups is 3. The van der Waals surface area contributed by atoms with E-state index in [1.165, 1.54) is 6.08 Å². The van der Waals surface area contributed by atoms with Crippen LogP contribution in [0.15, 0.2) is 47.6 Å². The summed E-state index contributed by atoms with van der Waals surface area (Å²) in [7, 11) is 0. The van der Waals surface area contributed by atoms with E-state index in [-0.39, 0.29) is 34.5 Å². The summed E-state index contributed by atoms with van der Waals surface area (Å²) in [4.78, 5) is 27.5. The molecular weight excluding hydrogens is 428 g/mol. The predicted molar refractivity (Wildman–Crippen MR) is 132 cm³/mol. The highest BCUT2D eigenvalue weighted by atomic mass is 16.4. The predicted octanol–water partition coefficient (Wildman–Crippen LogP) is 4.08. The van der Waals surface area contributed by atoms with Crippen LogP contribution in [0.1, 0.15) is 66.7 Å². The number of Topliss-reactive ketones (excluding diaryl/α,β-unsaturated/α-hetero) is 1. The summed E-state index contributed by atoms with van der Waals surface area (Å²) in [6, 6.07) is 0. The number of carbonyl (C=O) groups excluding carboxylic acids is 2. The Bertz CT molecular complexity index is 984. The highest BCUT2D eigenvalue weighted by Crippen LogP contribution is 2.71. The molecule has 2 fully saturated rings. The Labute approximate surface area is 203 Å². The fourth-order valence-electron chi connectivity index (χ4n) is 7.35. The topological polar surface area (TPSA) is 94.8 Å². The molecule has 2 bridgehead atoms. The zero-order chi connectivity index (χ0) is 25.1. The first-order valence-corrected chi connectivity index (χ1v) is 12.9. The van der Waals surface area contributed by atoms with Crippen molar-refractivity contribution in [1.82, 2.24) is 0 Å². The molecule has 1 spiro atoms. The largest absolute Gasteiger partial charge is 0.386 e. The summed E-state index contributed by atoms with van der Waals surface area (Å²) in [5.74, 6) is -1.15. The molecule has 0 amide bonds. The second kappa shape index (κ2) is 8.69. The molecule has 34 heavy (non-hydrogen) atoms. The van der Waals surface area contributed by atoms with Gasteiger partial charge in [0.05, 0.1) is 5.41 Å². The quantitative estimate of drug-likeness (QED) is 0.226. The molecule has 0 unspecified atom stereocenters. The normalized spacial score (nSPS) is 42.6. The highest BCUT2D eigenvalue weighted by Gasteiger charge is 2.75. The lowest BCUT2D eigenvalue weighted by Crippen LogP contribution is -2.65. The number of aliphatic hydroxyl groups excluding tert-OH is 2. The minimum absolute atomic E-state index is 0.0102. The Morgan fingerprint density at radius 3 is 2.56 bits per heavy atom. The molecule has 0 saturated heterocycles. The number of carbonyl (C=O) groups is 2. The van der Waals surface area contributed by atoms with Crippen molar-refractivity contribution in [2.45, 2.75) is 84.5 Å². The number of unbranched alkanes of at least 4 members (excludes halogenated alkanes) is 3. The smallest absolute Gasteiger partial charge is 0.184 e. The van der Waals surface area contributed by atoms with Gasteiger partial charge >= 0.3 is 0 Å². The van der Waals surface area contributed by atoms with Gasteiger partial charge in [-0.25, -0.2) is 0 Å². The molecule has 4 aliphatic carbocycles. The van der Waals surface area contributed by atoms with Crippen LogP contribution in [0.2, 0.25) is 0 Å². The average Bonchev–Trinajstić information content (AvgIpc) is 3.29. The van der Waals surface area contributed by atoms with E-state index in [4.69, 9.17) is 0 Å². The van der Waals surface area contributed by atoms with E-state index in [0.29, 0.717) is 5.57 Å². The van der Waals surface area contributed by atoms with Crippen LogP contribution < -0.4 is 0 Å². The highest BCUT2D eigenvalue weighted by molar-refractivity contribution is 6.07. The molecule has 5 nitrogen and oxygen atoms in total. The summed E-state index contributed by atoms with van der Waals surface area (Å²) in [5.41, 5.74) is -3.17. The number of fused-ring (bicyclic) bond motifs is 3. The van der Waals surface area contributed by atoms with E-state index in [1.54, 1.807) is 25.2 Å². The van der Waals surface area contributed by atoms with Crippen molar-refractivity contribution in [3.63, 3.8) is 0 Å². The van der Waals surface area contributed by atoms with Crippen LogP contribution in [-0.4, -0.2) is 44.7 Å². The third-order valence-corrected chi connectivity index (χ3v) is 9.41. The van der Waals surface area contributed by atoms with E-state index >= 15 is 0 Å². The lowest BCUT2D eigenvalue weighted by molar-refractivity contribution is -0.189. The van der Waals surface area contributed by atoms with Gasteiger partial charge < -0.3 is 15.3 Å². The Morgan fingerprint density at radius 2 is 1.88 bits per heavy atom. The van der Waals surface area contributed by atoms with Crippen LogP contribution in [0.3, 0.4) is 0 Å². The molecule has 5 heteroatoms. The molecule has 0 aromatic rings. The van der Waals surface area contributed by atoms with Gasteiger partial charge in [0.2, 0.25) is 0 Å². The molecule has 2 saturated carbocycles. The molecule has 0 aromatic heterocycles. The second-order valence-electron chi connectivity index (χ2n) is 11.6. The zero-order valence-electron chi connectivity index (χ0n) is 21.1. The van der Waals surface area contributed by atoms with Crippen LogP contribution in [0.5, 0.6) is 0 Å². The number of hydrogen-bond acceptors (Lipinski definition) is 5. The maximum absolute atomic E-state index is 14.2. The zero-order valence-corrected chi connectivity index (χ0v) is 21.1. The number of rotatable bonds is 7. The number of hydrogen-bond donors (Lipinski definition) is 3. The average molecular weight is 469 g/mol. The Morgan fingerprint density at radius 1 is 1.18 bits per heavy atom. The molecule has 0 radical (unpaired) electrons. The van der Waals surface area contributed by atoms with E-state index in [0.717, 1.165) is 32.1 Å². The molecular formula is C29H40O5. The second-order valence-corrected chi connectivity index (χ2v) is 11.6. The van der Waals surface area contributed by atoms with E-state index in [1.807, 2.05) is 19.1 Å². The third kappa shape index (κ3) is 3.38. The summed E-state index contributed by atoms with van der Waals surface area (Å²) in [6.07, 6.45) is 12.1. The fourth-order valence-corrected chi connectivity index (χ4v) is 7.35. The van der Waals surface area contributed by atoms with E-state index < -0.39 is 34.9 Å². The summed E-state index contributed by atoms with van der Waals surface area (Å²) >= 11 is 0. The first kappa shape index (κ1) is 25.3. The molecule has 0 aromatic carbocycles. The van der Waals surface area contributed by atoms with Crippen LogP contribution >= 0.6 is 0 Å². The van der Waals surface area contributed by atoms with Gasteiger partial charge in [0.1, 0.15) is 17.8 Å². The van der Waals surface area contributed by atoms with Crippen LogP contribution in [-0.2, 0) is 9.59 Å². The molecule has 4 rings (SSSR count). The molecule has 8 atom stereocenters. The minimum atomic E-state index is -2.17. The maximum atomic E-state index is 14.2. The van der Waals surface area contributed by atoms with Gasteiger partial charge in [-0.3, -0.25) is 9.59 Å². The standard InChI is InChI=1S/C29H40O5/c1-6-7-8-9-10-11-12-13-22(30)19-15-20-23-21(27(23,4)5)14-18(3)28(25(20)32)16-17(2)24(31)29(28,34)26(19)33/h10-13,15-16,18,20-21,23-24,26,31,33-34H,6-9,14H2,1-5H3/b11-10+,13-12+/t18-,20-,21+,23-,24-,26+,28-,29+/m0/s1. The number of ketones is 2. The lowest BCUT2D eigenvalue weighted by Gasteiger charge is -2.48. The Hall–Kier alpha value is -1.82. The SMILES string of the molecule is CCCCC/C=C/C=C/C(=O)C1=C[C@@H]2C(=O)[C@]3(C=C(C)[C@H](O)[C@@]3(O)[C@@H]1O)[C@@H](C)C[C@@H]1[C@H]2C1(C)C. The van der Waals surface area contributed by atoms with Crippen molar-refractivity contribution in [2.75, 3.05) is 0 Å². The van der Waals surface area contributed by atoms with Gasteiger partial charge in [-0.1, -0.05) is 70.9 Å². The van der Waals surface area contributed by atoms with Crippen molar-refractivity contribution in [1.29, 1.82) is 0 Å². The van der Waals surface area contributed by atoms with E-state index in [2.05, 4.69) is 20.8 Å². The third-order valence-electron chi connectivity index (χ3n) is 9.41. The first-order chi connectivity index (χ1) is 16.0. The van der Waals surface area contributed by atoms with Crippen LogP contribution in [0.25, 0.3) is 0 Å². The van der Waals surface area contributed by atoms with Crippen molar-refractivity contribution < 1.29 is 24.9 Å². The molecule has 4 aliphatic rings.